The molecule has 1 aliphatic rings. The van der Waals surface area contributed by atoms with Gasteiger partial charge in [0.1, 0.15) is 0 Å². The first kappa shape index (κ1) is 16.6. The Morgan fingerprint density at radius 1 is 1.08 bits per heavy atom. The van der Waals surface area contributed by atoms with Crippen LogP contribution in [0.15, 0.2) is 48.5 Å². The fourth-order valence-electron chi connectivity index (χ4n) is 2.72. The second-order valence-electron chi connectivity index (χ2n) is 6.15. The molecular weight excluding hydrogens is 320 g/mol. The first-order valence-corrected chi connectivity index (χ1v) is 8.52. The molecule has 0 bridgehead atoms. The van der Waals surface area contributed by atoms with Crippen LogP contribution in [0, 0.1) is 5.92 Å². The Hall–Kier alpha value is -2.27. The number of fused-ring (bicyclic) bond motifs is 1. The number of thiocarbonyl (C=S) groups is 1. The number of hydrogen-bond acceptors (Lipinski definition) is 3. The van der Waals surface area contributed by atoms with E-state index in [1.807, 2.05) is 24.3 Å². The number of ether oxygens (including phenoxy) is 2. The molecule has 1 heterocycles. The summed E-state index contributed by atoms with van der Waals surface area (Å²) in [6, 6.07) is 16.5. The van der Waals surface area contributed by atoms with Gasteiger partial charge in [0.2, 0.25) is 6.79 Å². The number of rotatable bonds is 5. The smallest absolute Gasteiger partial charge is 0.231 e. The van der Waals surface area contributed by atoms with Crippen molar-refractivity contribution in [2.24, 2.45) is 5.92 Å². The van der Waals surface area contributed by atoms with Gasteiger partial charge in [0.05, 0.1) is 6.04 Å². The Bertz CT molecular complexity index is 704. The van der Waals surface area contributed by atoms with Crippen molar-refractivity contribution in [3.05, 3.63) is 59.7 Å². The van der Waals surface area contributed by atoms with Crippen molar-refractivity contribution in [1.82, 2.24) is 10.6 Å². The molecule has 0 aromatic heterocycles. The van der Waals surface area contributed by atoms with Gasteiger partial charge < -0.3 is 20.1 Å². The normalized spacial score (nSPS) is 13.6. The van der Waals surface area contributed by atoms with E-state index in [9.17, 15) is 0 Å². The summed E-state index contributed by atoms with van der Waals surface area (Å²) in [6.45, 7) is 5.30. The van der Waals surface area contributed by atoms with Gasteiger partial charge in [-0.1, -0.05) is 50.2 Å². The molecule has 0 saturated heterocycles. The molecule has 126 valence electrons. The van der Waals surface area contributed by atoms with Crippen molar-refractivity contribution in [1.29, 1.82) is 0 Å². The molecule has 0 spiro atoms. The molecule has 1 atom stereocenters. The average Bonchev–Trinajstić information content (AvgIpc) is 3.06. The molecular formula is C19H22N2O2S. The van der Waals surface area contributed by atoms with Crippen molar-refractivity contribution < 1.29 is 9.47 Å². The molecule has 0 aliphatic carbocycles. The van der Waals surface area contributed by atoms with Crippen LogP contribution in [0.3, 0.4) is 0 Å². The lowest BCUT2D eigenvalue weighted by atomic mass is 9.96. The first-order chi connectivity index (χ1) is 11.6. The molecule has 3 rings (SSSR count). The highest BCUT2D eigenvalue weighted by Crippen LogP contribution is 2.32. The van der Waals surface area contributed by atoms with Crippen LogP contribution in [0.1, 0.15) is 31.0 Å². The molecule has 2 aromatic rings. The Morgan fingerprint density at radius 3 is 2.58 bits per heavy atom. The zero-order valence-electron chi connectivity index (χ0n) is 13.9. The lowest BCUT2D eigenvalue weighted by Gasteiger charge is -2.24. The van der Waals surface area contributed by atoms with Crippen LogP contribution in [0.2, 0.25) is 0 Å². The van der Waals surface area contributed by atoms with E-state index >= 15 is 0 Å². The highest BCUT2D eigenvalue weighted by Gasteiger charge is 2.17. The SMILES string of the molecule is CC(C)[C@@H](NC(=S)NCc1ccc2c(c1)OCO2)c1ccccc1. The molecule has 5 heteroatoms. The van der Waals surface area contributed by atoms with Gasteiger partial charge in [-0.2, -0.15) is 0 Å². The maximum atomic E-state index is 5.47. The summed E-state index contributed by atoms with van der Waals surface area (Å²) < 4.78 is 10.7. The Kier molecular flexibility index (Phi) is 5.20. The van der Waals surface area contributed by atoms with Crippen molar-refractivity contribution >= 4 is 17.3 Å². The third-order valence-corrected chi connectivity index (χ3v) is 4.26. The number of hydrogen-bond donors (Lipinski definition) is 2. The molecule has 2 N–H and O–H groups in total. The Morgan fingerprint density at radius 2 is 1.83 bits per heavy atom. The fraction of sp³-hybridized carbons (Fsp3) is 0.316. The maximum Gasteiger partial charge on any atom is 0.231 e. The predicted molar refractivity (Wildman–Crippen MR) is 99.2 cm³/mol. The van der Waals surface area contributed by atoms with Crippen molar-refractivity contribution in [3.8, 4) is 11.5 Å². The topological polar surface area (TPSA) is 42.5 Å². The molecule has 4 nitrogen and oxygen atoms in total. The van der Waals surface area contributed by atoms with Gasteiger partial charge in [-0.15, -0.1) is 0 Å². The minimum absolute atomic E-state index is 0.183. The molecule has 0 saturated carbocycles. The van der Waals surface area contributed by atoms with E-state index in [4.69, 9.17) is 21.7 Å². The monoisotopic (exact) mass is 342 g/mol. The van der Waals surface area contributed by atoms with Crippen LogP contribution in [0.4, 0.5) is 0 Å². The summed E-state index contributed by atoms with van der Waals surface area (Å²) in [5.74, 6) is 2.01. The minimum atomic E-state index is 0.183. The Labute approximate surface area is 148 Å². The van der Waals surface area contributed by atoms with E-state index in [1.165, 1.54) is 5.56 Å². The summed E-state index contributed by atoms with van der Waals surface area (Å²) in [5.41, 5.74) is 2.34. The summed E-state index contributed by atoms with van der Waals surface area (Å²) in [4.78, 5) is 0. The van der Waals surface area contributed by atoms with Crippen molar-refractivity contribution in [2.45, 2.75) is 26.4 Å². The molecule has 0 fully saturated rings. The lowest BCUT2D eigenvalue weighted by molar-refractivity contribution is 0.174. The molecule has 0 radical (unpaired) electrons. The van der Waals surface area contributed by atoms with Gasteiger partial charge in [0.25, 0.3) is 0 Å². The summed E-state index contributed by atoms with van der Waals surface area (Å²) in [7, 11) is 0. The van der Waals surface area contributed by atoms with E-state index in [0.717, 1.165) is 17.1 Å². The standard InChI is InChI=1S/C19H22N2O2S/c1-13(2)18(15-6-4-3-5-7-15)21-19(24)20-11-14-8-9-16-17(10-14)23-12-22-16/h3-10,13,18H,11-12H2,1-2H3,(H2,20,21,24)/t18-/m1/s1. The Balaban J connectivity index is 1.58. The minimum Gasteiger partial charge on any atom is -0.454 e. The van der Waals surface area contributed by atoms with Gasteiger partial charge in [0, 0.05) is 6.54 Å². The third kappa shape index (κ3) is 3.97. The number of nitrogens with one attached hydrogen (secondary N) is 2. The van der Waals surface area contributed by atoms with E-state index < -0.39 is 0 Å². The van der Waals surface area contributed by atoms with Gasteiger partial charge in [0.15, 0.2) is 16.6 Å². The van der Waals surface area contributed by atoms with Crippen LogP contribution in [0.5, 0.6) is 11.5 Å². The molecule has 1 aliphatic heterocycles. The second-order valence-corrected chi connectivity index (χ2v) is 6.56. The largest absolute Gasteiger partial charge is 0.454 e. The van der Waals surface area contributed by atoms with Crippen LogP contribution in [-0.2, 0) is 6.54 Å². The van der Waals surface area contributed by atoms with Crippen molar-refractivity contribution in [3.63, 3.8) is 0 Å². The first-order valence-electron chi connectivity index (χ1n) is 8.11. The molecule has 24 heavy (non-hydrogen) atoms. The van der Waals surface area contributed by atoms with Gasteiger partial charge in [-0.3, -0.25) is 0 Å². The molecule has 0 unspecified atom stereocenters. The highest BCUT2D eigenvalue weighted by atomic mass is 32.1. The van der Waals surface area contributed by atoms with E-state index in [0.29, 0.717) is 24.4 Å². The summed E-state index contributed by atoms with van der Waals surface area (Å²) in [6.07, 6.45) is 0. The van der Waals surface area contributed by atoms with Gasteiger partial charge >= 0.3 is 0 Å². The summed E-state index contributed by atoms with van der Waals surface area (Å²) >= 11 is 5.47. The predicted octanol–water partition coefficient (Wildman–Crippen LogP) is 3.78. The fourth-order valence-corrected chi connectivity index (χ4v) is 2.92. The summed E-state index contributed by atoms with van der Waals surface area (Å²) in [5, 5.41) is 7.34. The maximum absolute atomic E-state index is 5.47. The van der Waals surface area contributed by atoms with Gasteiger partial charge in [-0.05, 0) is 41.4 Å². The zero-order valence-corrected chi connectivity index (χ0v) is 14.7. The average molecular weight is 342 g/mol. The van der Waals surface area contributed by atoms with E-state index in [1.54, 1.807) is 0 Å². The van der Waals surface area contributed by atoms with Crippen LogP contribution >= 0.6 is 12.2 Å². The van der Waals surface area contributed by atoms with Gasteiger partial charge in [-0.25, -0.2) is 0 Å². The van der Waals surface area contributed by atoms with Crippen molar-refractivity contribution in [2.75, 3.05) is 6.79 Å². The van der Waals surface area contributed by atoms with Crippen LogP contribution < -0.4 is 20.1 Å². The lowest BCUT2D eigenvalue weighted by Crippen LogP contribution is -2.39. The highest BCUT2D eigenvalue weighted by molar-refractivity contribution is 7.80. The van der Waals surface area contributed by atoms with Crippen LogP contribution in [-0.4, -0.2) is 11.9 Å². The third-order valence-electron chi connectivity index (χ3n) is 4.00. The molecule has 0 amide bonds. The number of benzene rings is 2. The van der Waals surface area contributed by atoms with Crippen LogP contribution in [0.25, 0.3) is 0 Å². The zero-order chi connectivity index (χ0) is 16.9. The van der Waals surface area contributed by atoms with E-state index in [2.05, 4.69) is 48.7 Å². The molecule has 2 aromatic carbocycles. The van der Waals surface area contributed by atoms with E-state index in [-0.39, 0.29) is 6.04 Å². The second kappa shape index (κ2) is 7.53. The quantitative estimate of drug-likeness (QED) is 0.810.